The third-order valence-corrected chi connectivity index (χ3v) is 6.16. The monoisotopic (exact) mass is 452 g/mol. The van der Waals surface area contributed by atoms with Gasteiger partial charge >= 0.3 is 5.97 Å². The van der Waals surface area contributed by atoms with E-state index in [9.17, 15) is 15.0 Å². The van der Waals surface area contributed by atoms with Crippen molar-refractivity contribution in [3.05, 3.63) is 58.5 Å². The molecule has 9 nitrogen and oxygen atoms in total. The number of aromatic carboxylic acids is 1. The van der Waals surface area contributed by atoms with Crippen LogP contribution in [0.2, 0.25) is 0 Å². The lowest BCUT2D eigenvalue weighted by Crippen LogP contribution is -2.22. The third-order valence-electron chi connectivity index (χ3n) is 5.06. The molecular formula is C22H24N6O3S. The summed E-state index contributed by atoms with van der Waals surface area (Å²) in [6.45, 7) is 5.48. The number of benzene rings is 1. The van der Waals surface area contributed by atoms with Crippen LogP contribution in [-0.2, 0) is 18.6 Å². The number of carboxylic acids is 1. The number of thiophene rings is 1. The van der Waals surface area contributed by atoms with Crippen LogP contribution in [0.15, 0.2) is 36.4 Å². The van der Waals surface area contributed by atoms with Crippen molar-refractivity contribution in [1.29, 1.82) is 0 Å². The second-order valence-corrected chi connectivity index (χ2v) is 9.14. The van der Waals surface area contributed by atoms with E-state index >= 15 is 0 Å². The van der Waals surface area contributed by atoms with E-state index in [1.165, 1.54) is 0 Å². The molecule has 4 rings (SSSR count). The molecule has 0 atom stereocenters. The van der Waals surface area contributed by atoms with Crippen molar-refractivity contribution >= 4 is 17.3 Å². The number of nitrogens with zero attached hydrogens (tertiary/aromatic N) is 5. The van der Waals surface area contributed by atoms with Gasteiger partial charge in [0.15, 0.2) is 5.69 Å². The molecule has 0 saturated heterocycles. The molecule has 10 heteroatoms. The predicted octanol–water partition coefficient (Wildman–Crippen LogP) is 3.72. The summed E-state index contributed by atoms with van der Waals surface area (Å²) in [4.78, 5) is 18.6. The highest BCUT2D eigenvalue weighted by Gasteiger charge is 2.31. The van der Waals surface area contributed by atoms with Gasteiger partial charge in [-0.25, -0.2) is 9.78 Å². The molecule has 3 N–H and O–H groups in total. The van der Waals surface area contributed by atoms with Crippen LogP contribution in [0.5, 0.6) is 0 Å². The molecule has 3 heterocycles. The van der Waals surface area contributed by atoms with Crippen molar-refractivity contribution in [2.75, 3.05) is 0 Å². The molecule has 0 spiro atoms. The van der Waals surface area contributed by atoms with Crippen LogP contribution in [0, 0.1) is 0 Å². The SMILES string of the molecule is CCCc1nc(C(C)(C)O)c(C(=O)O)n1Cc1ccc(-c2ccccc2-c2nn[nH]n2)s1. The Morgan fingerprint density at radius 1 is 1.19 bits per heavy atom. The van der Waals surface area contributed by atoms with Gasteiger partial charge in [0, 0.05) is 27.3 Å². The summed E-state index contributed by atoms with van der Waals surface area (Å²) in [5.41, 5.74) is 0.696. The van der Waals surface area contributed by atoms with Gasteiger partial charge in [-0.1, -0.05) is 31.2 Å². The van der Waals surface area contributed by atoms with E-state index < -0.39 is 11.6 Å². The number of imidazole rings is 1. The van der Waals surface area contributed by atoms with E-state index in [2.05, 4.69) is 25.6 Å². The van der Waals surface area contributed by atoms with Gasteiger partial charge in [-0.2, -0.15) is 5.21 Å². The Labute approximate surface area is 188 Å². The molecule has 4 aromatic rings. The van der Waals surface area contributed by atoms with Crippen molar-refractivity contribution in [2.24, 2.45) is 0 Å². The standard InChI is InChI=1S/C22H24N6O3S/c1-4-7-17-23-19(22(2,3)31)18(21(29)30)28(17)12-13-10-11-16(32-13)14-8-5-6-9-15(14)20-24-26-27-25-20/h5-6,8-11,31H,4,7,12H2,1-3H3,(H,29,30)(H,24,25,26,27). The van der Waals surface area contributed by atoms with Gasteiger partial charge in [0.1, 0.15) is 17.1 Å². The van der Waals surface area contributed by atoms with E-state index in [0.717, 1.165) is 27.3 Å². The van der Waals surface area contributed by atoms with Crippen molar-refractivity contribution in [1.82, 2.24) is 30.2 Å². The summed E-state index contributed by atoms with van der Waals surface area (Å²) in [6, 6.07) is 11.8. The molecule has 0 unspecified atom stereocenters. The number of carboxylic acid groups (broad SMARTS) is 1. The number of aliphatic hydroxyl groups is 1. The summed E-state index contributed by atoms with van der Waals surface area (Å²) in [5, 5.41) is 34.7. The number of aromatic nitrogens is 6. The van der Waals surface area contributed by atoms with Gasteiger partial charge in [-0.3, -0.25) is 0 Å². The fourth-order valence-corrected chi connectivity index (χ4v) is 4.70. The minimum atomic E-state index is -1.36. The van der Waals surface area contributed by atoms with Gasteiger partial charge < -0.3 is 14.8 Å². The number of hydrogen-bond acceptors (Lipinski definition) is 7. The Morgan fingerprint density at radius 3 is 2.56 bits per heavy atom. The van der Waals surface area contributed by atoms with Crippen molar-refractivity contribution in [3.8, 4) is 21.8 Å². The third kappa shape index (κ3) is 4.19. The lowest BCUT2D eigenvalue weighted by molar-refractivity contribution is 0.0602. The van der Waals surface area contributed by atoms with Crippen LogP contribution in [0.4, 0.5) is 0 Å². The number of hydrogen-bond donors (Lipinski definition) is 3. The summed E-state index contributed by atoms with van der Waals surface area (Å²) >= 11 is 1.57. The number of carbonyl (C=O) groups is 1. The maximum Gasteiger partial charge on any atom is 0.354 e. The summed E-state index contributed by atoms with van der Waals surface area (Å²) < 4.78 is 1.71. The maximum atomic E-state index is 12.1. The van der Waals surface area contributed by atoms with Crippen LogP contribution in [0.1, 0.15) is 54.1 Å². The molecule has 0 radical (unpaired) electrons. The number of H-pyrrole nitrogens is 1. The second kappa shape index (κ2) is 8.64. The van der Waals surface area contributed by atoms with Crippen LogP contribution in [0.25, 0.3) is 21.8 Å². The van der Waals surface area contributed by atoms with Gasteiger partial charge in [-0.05, 0) is 37.6 Å². The topological polar surface area (TPSA) is 130 Å². The molecule has 0 bridgehead atoms. The lowest BCUT2D eigenvalue weighted by Gasteiger charge is -2.16. The first kappa shape index (κ1) is 21.8. The Morgan fingerprint density at radius 2 is 1.94 bits per heavy atom. The smallest absolute Gasteiger partial charge is 0.354 e. The lowest BCUT2D eigenvalue weighted by atomic mass is 10.0. The Bertz CT molecular complexity index is 1240. The quantitative estimate of drug-likeness (QED) is 0.371. The molecule has 0 amide bonds. The number of aryl methyl sites for hydroxylation is 1. The molecule has 3 aromatic heterocycles. The molecule has 0 aliphatic rings. The fraction of sp³-hybridized carbons (Fsp3) is 0.318. The highest BCUT2D eigenvalue weighted by molar-refractivity contribution is 7.15. The fourth-order valence-electron chi connectivity index (χ4n) is 3.66. The molecule has 1 aromatic carbocycles. The number of aromatic amines is 1. The van der Waals surface area contributed by atoms with Gasteiger partial charge in [-0.15, -0.1) is 21.5 Å². The van der Waals surface area contributed by atoms with Crippen molar-refractivity contribution in [2.45, 2.75) is 45.8 Å². The van der Waals surface area contributed by atoms with Crippen LogP contribution in [-0.4, -0.2) is 46.4 Å². The average Bonchev–Trinajstić information content (AvgIpc) is 3.48. The zero-order chi connectivity index (χ0) is 22.9. The minimum Gasteiger partial charge on any atom is -0.477 e. The normalized spacial score (nSPS) is 11.8. The largest absolute Gasteiger partial charge is 0.477 e. The second-order valence-electron chi connectivity index (χ2n) is 7.97. The molecule has 32 heavy (non-hydrogen) atoms. The van der Waals surface area contributed by atoms with Crippen molar-refractivity contribution in [3.63, 3.8) is 0 Å². The van der Waals surface area contributed by atoms with Crippen LogP contribution >= 0.6 is 11.3 Å². The molecule has 0 fully saturated rings. The minimum absolute atomic E-state index is 0.0306. The Balaban J connectivity index is 1.74. The summed E-state index contributed by atoms with van der Waals surface area (Å²) in [7, 11) is 0. The van der Waals surface area contributed by atoms with E-state index in [1.807, 2.05) is 43.3 Å². The highest BCUT2D eigenvalue weighted by atomic mass is 32.1. The zero-order valence-electron chi connectivity index (χ0n) is 18.0. The van der Waals surface area contributed by atoms with E-state index in [-0.39, 0.29) is 11.4 Å². The van der Waals surface area contributed by atoms with Crippen LogP contribution in [0.3, 0.4) is 0 Å². The van der Waals surface area contributed by atoms with Crippen molar-refractivity contribution < 1.29 is 15.0 Å². The van der Waals surface area contributed by atoms with E-state index in [0.29, 0.717) is 24.6 Å². The predicted molar refractivity (Wildman–Crippen MR) is 120 cm³/mol. The Hall–Kier alpha value is -3.37. The first-order valence-electron chi connectivity index (χ1n) is 10.3. The first-order valence-corrected chi connectivity index (χ1v) is 11.1. The van der Waals surface area contributed by atoms with Gasteiger partial charge in [0.25, 0.3) is 0 Å². The summed E-state index contributed by atoms with van der Waals surface area (Å²) in [6.07, 6.45) is 1.43. The molecule has 166 valence electrons. The number of rotatable bonds is 8. The van der Waals surface area contributed by atoms with Gasteiger partial charge in [0.05, 0.1) is 6.54 Å². The average molecular weight is 453 g/mol. The molecular weight excluding hydrogens is 428 g/mol. The van der Waals surface area contributed by atoms with Crippen LogP contribution < -0.4 is 0 Å². The Kier molecular flexibility index (Phi) is 5.90. The number of nitrogens with one attached hydrogen (secondary N) is 1. The summed E-state index contributed by atoms with van der Waals surface area (Å²) in [5.74, 6) is 0.0683. The molecule has 0 aliphatic heterocycles. The van der Waals surface area contributed by atoms with E-state index in [4.69, 9.17) is 0 Å². The zero-order valence-corrected chi connectivity index (χ0v) is 18.8. The van der Waals surface area contributed by atoms with Gasteiger partial charge in [0.2, 0.25) is 5.82 Å². The number of tetrazole rings is 1. The highest BCUT2D eigenvalue weighted by Crippen LogP contribution is 2.35. The molecule has 0 aliphatic carbocycles. The first-order chi connectivity index (χ1) is 15.3. The molecule has 0 saturated carbocycles. The maximum absolute atomic E-state index is 12.1. The van der Waals surface area contributed by atoms with E-state index in [1.54, 1.807) is 29.8 Å².